The van der Waals surface area contributed by atoms with Crippen LogP contribution < -0.4 is 11.1 Å². The van der Waals surface area contributed by atoms with E-state index in [9.17, 15) is 4.79 Å². The zero-order valence-electron chi connectivity index (χ0n) is 10.6. The number of nitrogens with two attached hydrogens (primary N) is 1. The summed E-state index contributed by atoms with van der Waals surface area (Å²) < 4.78 is 0. The summed E-state index contributed by atoms with van der Waals surface area (Å²) in [6.45, 7) is 2.27. The first kappa shape index (κ1) is 13.7. The van der Waals surface area contributed by atoms with Crippen molar-refractivity contribution < 1.29 is 4.79 Å². The lowest BCUT2D eigenvalue weighted by Crippen LogP contribution is -2.23. The Morgan fingerprint density at radius 3 is 2.63 bits per heavy atom. The molecule has 1 unspecified atom stereocenters. The van der Waals surface area contributed by atoms with Crippen LogP contribution in [0.5, 0.6) is 0 Å². The fourth-order valence-corrected chi connectivity index (χ4v) is 1.86. The number of nitrogens with one attached hydrogen (secondary N) is 1. The second-order valence-electron chi connectivity index (χ2n) is 4.32. The van der Waals surface area contributed by atoms with Gasteiger partial charge < -0.3 is 11.1 Å². The Labute approximate surface area is 116 Å². The van der Waals surface area contributed by atoms with Gasteiger partial charge in [0.15, 0.2) is 11.0 Å². The number of hydrogen-bond donors (Lipinski definition) is 2. The molecule has 0 radical (unpaired) electrons. The van der Waals surface area contributed by atoms with Crippen molar-refractivity contribution in [2.24, 2.45) is 11.7 Å². The molecule has 6 heteroatoms. The van der Waals surface area contributed by atoms with E-state index in [1.807, 2.05) is 31.2 Å². The van der Waals surface area contributed by atoms with Crippen molar-refractivity contribution in [1.29, 1.82) is 0 Å². The SMILES string of the molecule is CC(CCN)C(=O)Nc1nc2ccccc2nc1Cl. The summed E-state index contributed by atoms with van der Waals surface area (Å²) in [6, 6.07) is 7.34. The number of hydrogen-bond acceptors (Lipinski definition) is 4. The number of carbonyl (C=O) groups excluding carboxylic acids is 1. The lowest BCUT2D eigenvalue weighted by atomic mass is 10.1. The predicted molar refractivity (Wildman–Crippen MR) is 76.0 cm³/mol. The minimum atomic E-state index is -0.186. The van der Waals surface area contributed by atoms with Crippen molar-refractivity contribution in [3.8, 4) is 0 Å². The van der Waals surface area contributed by atoms with Crippen molar-refractivity contribution in [3.63, 3.8) is 0 Å². The molecule has 0 saturated carbocycles. The highest BCUT2D eigenvalue weighted by atomic mass is 35.5. The van der Waals surface area contributed by atoms with Crippen LogP contribution in [-0.2, 0) is 4.79 Å². The van der Waals surface area contributed by atoms with Crippen LogP contribution in [0.3, 0.4) is 0 Å². The molecule has 0 saturated heterocycles. The molecule has 19 heavy (non-hydrogen) atoms. The van der Waals surface area contributed by atoms with Gasteiger partial charge in [0.1, 0.15) is 0 Å². The summed E-state index contributed by atoms with van der Waals surface area (Å²) in [4.78, 5) is 20.4. The third-order valence-corrected chi connectivity index (χ3v) is 3.08. The Hall–Kier alpha value is -1.72. The second-order valence-corrected chi connectivity index (χ2v) is 4.68. The maximum Gasteiger partial charge on any atom is 0.228 e. The van der Waals surface area contributed by atoms with Crippen LogP contribution in [0.25, 0.3) is 11.0 Å². The molecule has 0 bridgehead atoms. The van der Waals surface area contributed by atoms with E-state index in [-0.39, 0.29) is 22.8 Å². The molecule has 1 aromatic carbocycles. The van der Waals surface area contributed by atoms with Gasteiger partial charge in [-0.2, -0.15) is 0 Å². The minimum Gasteiger partial charge on any atom is -0.330 e. The van der Waals surface area contributed by atoms with Gasteiger partial charge in [0.25, 0.3) is 0 Å². The summed E-state index contributed by atoms with van der Waals surface area (Å²) in [5.74, 6) is -0.0551. The highest BCUT2D eigenvalue weighted by Crippen LogP contribution is 2.21. The van der Waals surface area contributed by atoms with E-state index in [1.54, 1.807) is 0 Å². The summed E-state index contributed by atoms with van der Waals surface area (Å²) in [6.07, 6.45) is 0.616. The molecule has 1 atom stereocenters. The minimum absolute atomic E-state index is 0.156. The lowest BCUT2D eigenvalue weighted by molar-refractivity contribution is -0.119. The van der Waals surface area contributed by atoms with E-state index >= 15 is 0 Å². The lowest BCUT2D eigenvalue weighted by Gasteiger charge is -2.11. The first-order valence-corrected chi connectivity index (χ1v) is 6.43. The summed E-state index contributed by atoms with van der Waals surface area (Å²) >= 11 is 6.02. The smallest absolute Gasteiger partial charge is 0.228 e. The molecule has 0 fully saturated rings. The number of nitrogens with zero attached hydrogens (tertiary/aromatic N) is 2. The van der Waals surface area contributed by atoms with Crippen molar-refractivity contribution in [1.82, 2.24) is 9.97 Å². The Balaban J connectivity index is 2.25. The fraction of sp³-hybridized carbons (Fsp3) is 0.308. The van der Waals surface area contributed by atoms with Gasteiger partial charge in [0, 0.05) is 5.92 Å². The second kappa shape index (κ2) is 5.95. The number of anilines is 1. The molecule has 0 aliphatic heterocycles. The predicted octanol–water partition coefficient (Wildman–Crippen LogP) is 2.21. The van der Waals surface area contributed by atoms with E-state index < -0.39 is 0 Å². The van der Waals surface area contributed by atoms with Gasteiger partial charge >= 0.3 is 0 Å². The molecule has 2 rings (SSSR count). The molecule has 3 N–H and O–H groups in total. The molecule has 1 amide bonds. The molecule has 5 nitrogen and oxygen atoms in total. The molecule has 0 aliphatic rings. The topological polar surface area (TPSA) is 80.9 Å². The third-order valence-electron chi connectivity index (χ3n) is 2.82. The standard InChI is InChI=1S/C13H15ClN4O/c1-8(6-7-15)13(19)18-12-11(14)16-9-4-2-3-5-10(9)17-12/h2-5,8H,6-7,15H2,1H3,(H,17,18,19). The number of halogens is 1. The summed E-state index contributed by atoms with van der Waals surface area (Å²) in [5.41, 5.74) is 6.81. The number of fused-ring (bicyclic) bond motifs is 1. The van der Waals surface area contributed by atoms with Crippen LogP contribution in [0, 0.1) is 5.92 Å². The van der Waals surface area contributed by atoms with E-state index in [1.165, 1.54) is 0 Å². The maximum atomic E-state index is 11.9. The zero-order chi connectivity index (χ0) is 13.8. The maximum absolute atomic E-state index is 11.9. The van der Waals surface area contributed by atoms with E-state index in [0.29, 0.717) is 24.0 Å². The number of para-hydroxylation sites is 2. The number of rotatable bonds is 4. The van der Waals surface area contributed by atoms with Gasteiger partial charge in [-0.1, -0.05) is 30.7 Å². The van der Waals surface area contributed by atoms with Gasteiger partial charge in [-0.25, -0.2) is 9.97 Å². The van der Waals surface area contributed by atoms with Gasteiger partial charge in [0.05, 0.1) is 11.0 Å². The van der Waals surface area contributed by atoms with Crippen LogP contribution >= 0.6 is 11.6 Å². The van der Waals surface area contributed by atoms with Gasteiger partial charge in [0.2, 0.25) is 5.91 Å². The number of carbonyl (C=O) groups is 1. The Morgan fingerprint density at radius 1 is 1.37 bits per heavy atom. The average molecular weight is 279 g/mol. The van der Waals surface area contributed by atoms with Crippen molar-refractivity contribution in [2.75, 3.05) is 11.9 Å². The highest BCUT2D eigenvalue weighted by Gasteiger charge is 2.15. The van der Waals surface area contributed by atoms with Crippen LogP contribution in [0.4, 0.5) is 5.82 Å². The highest BCUT2D eigenvalue weighted by molar-refractivity contribution is 6.32. The Bertz CT molecular complexity index is 602. The van der Waals surface area contributed by atoms with Crippen LogP contribution in [0.1, 0.15) is 13.3 Å². The van der Waals surface area contributed by atoms with Gasteiger partial charge in [-0.3, -0.25) is 4.79 Å². The summed E-state index contributed by atoms with van der Waals surface area (Å²) in [7, 11) is 0. The van der Waals surface area contributed by atoms with E-state index in [4.69, 9.17) is 17.3 Å². The molecular weight excluding hydrogens is 264 g/mol. The number of benzene rings is 1. The van der Waals surface area contributed by atoms with Crippen LogP contribution in [-0.4, -0.2) is 22.4 Å². The monoisotopic (exact) mass is 278 g/mol. The van der Waals surface area contributed by atoms with Crippen LogP contribution in [0.2, 0.25) is 5.15 Å². The Kier molecular flexibility index (Phi) is 4.29. The zero-order valence-corrected chi connectivity index (χ0v) is 11.3. The Morgan fingerprint density at radius 2 is 2.00 bits per heavy atom. The largest absolute Gasteiger partial charge is 0.330 e. The van der Waals surface area contributed by atoms with E-state index in [2.05, 4.69) is 15.3 Å². The van der Waals surface area contributed by atoms with Crippen LogP contribution in [0.15, 0.2) is 24.3 Å². The average Bonchev–Trinajstić information content (AvgIpc) is 2.39. The molecular formula is C13H15ClN4O. The normalized spacial score (nSPS) is 12.4. The van der Waals surface area contributed by atoms with Gasteiger partial charge in [-0.15, -0.1) is 0 Å². The van der Waals surface area contributed by atoms with Gasteiger partial charge in [-0.05, 0) is 25.1 Å². The quantitative estimate of drug-likeness (QED) is 0.898. The molecule has 0 spiro atoms. The number of aromatic nitrogens is 2. The molecule has 0 aliphatic carbocycles. The first-order valence-electron chi connectivity index (χ1n) is 6.05. The first-order chi connectivity index (χ1) is 9.11. The fourth-order valence-electron chi connectivity index (χ4n) is 1.68. The third kappa shape index (κ3) is 3.19. The molecule has 1 heterocycles. The molecule has 100 valence electrons. The number of amides is 1. The molecule has 1 aromatic heterocycles. The summed E-state index contributed by atoms with van der Waals surface area (Å²) in [5, 5.41) is 2.87. The van der Waals surface area contributed by atoms with E-state index in [0.717, 1.165) is 0 Å². The van der Waals surface area contributed by atoms with Crippen molar-refractivity contribution in [3.05, 3.63) is 29.4 Å². The van der Waals surface area contributed by atoms with Crippen molar-refractivity contribution >= 4 is 34.4 Å². The van der Waals surface area contributed by atoms with Crippen molar-refractivity contribution in [2.45, 2.75) is 13.3 Å². The molecule has 2 aromatic rings.